The molecule has 0 radical (unpaired) electrons. The number of hydrogen-bond donors (Lipinski definition) is 2. The van der Waals surface area contributed by atoms with Crippen molar-refractivity contribution >= 4 is 17.4 Å². The van der Waals surface area contributed by atoms with Gasteiger partial charge in [0.1, 0.15) is 0 Å². The molecule has 0 saturated carbocycles. The van der Waals surface area contributed by atoms with Gasteiger partial charge < -0.3 is 10.6 Å². The zero-order chi connectivity index (χ0) is 13.5. The summed E-state index contributed by atoms with van der Waals surface area (Å²) in [6.45, 7) is 9.85. The molecule has 0 heterocycles. The van der Waals surface area contributed by atoms with Crippen molar-refractivity contribution in [3.63, 3.8) is 0 Å². The summed E-state index contributed by atoms with van der Waals surface area (Å²) in [6.07, 6.45) is 0. The number of anilines is 1. The van der Waals surface area contributed by atoms with Gasteiger partial charge in [0.2, 0.25) is 0 Å². The van der Waals surface area contributed by atoms with E-state index in [9.17, 15) is 0 Å². The van der Waals surface area contributed by atoms with E-state index in [4.69, 9.17) is 0 Å². The van der Waals surface area contributed by atoms with Crippen LogP contribution in [0.3, 0.4) is 0 Å². The Kier molecular flexibility index (Phi) is 6.58. The van der Waals surface area contributed by atoms with Crippen LogP contribution in [-0.4, -0.2) is 24.9 Å². The molecule has 0 saturated heterocycles. The van der Waals surface area contributed by atoms with E-state index in [1.165, 1.54) is 11.3 Å². The summed E-state index contributed by atoms with van der Waals surface area (Å²) in [4.78, 5) is 0. The SMILES string of the molecule is CCNc1ccc(C(SC(C)C)C(C)NC)cc1. The molecule has 1 aromatic carbocycles. The molecule has 0 fully saturated rings. The Labute approximate surface area is 116 Å². The number of thioether (sulfide) groups is 1. The third-order valence-electron chi connectivity index (χ3n) is 2.95. The molecule has 0 spiro atoms. The van der Waals surface area contributed by atoms with E-state index in [0.717, 1.165) is 6.54 Å². The molecule has 2 nitrogen and oxygen atoms in total. The first-order valence-electron chi connectivity index (χ1n) is 6.75. The van der Waals surface area contributed by atoms with Gasteiger partial charge in [-0.15, -0.1) is 11.8 Å². The number of hydrogen-bond acceptors (Lipinski definition) is 3. The molecule has 3 heteroatoms. The lowest BCUT2D eigenvalue weighted by Crippen LogP contribution is -2.28. The molecule has 0 aliphatic carbocycles. The Bertz CT molecular complexity index is 335. The van der Waals surface area contributed by atoms with E-state index >= 15 is 0 Å². The predicted octanol–water partition coefficient (Wildman–Crippen LogP) is 3.91. The molecule has 0 amide bonds. The molecule has 102 valence electrons. The van der Waals surface area contributed by atoms with E-state index < -0.39 is 0 Å². The minimum Gasteiger partial charge on any atom is -0.385 e. The van der Waals surface area contributed by atoms with Crippen molar-refractivity contribution < 1.29 is 0 Å². The fourth-order valence-electron chi connectivity index (χ4n) is 1.92. The summed E-state index contributed by atoms with van der Waals surface area (Å²) >= 11 is 2.02. The summed E-state index contributed by atoms with van der Waals surface area (Å²) in [5.41, 5.74) is 2.60. The molecular formula is C15H26N2S. The largest absolute Gasteiger partial charge is 0.385 e. The molecule has 2 unspecified atom stereocenters. The molecule has 18 heavy (non-hydrogen) atoms. The summed E-state index contributed by atoms with van der Waals surface area (Å²) in [6, 6.07) is 9.31. The third kappa shape index (κ3) is 4.54. The van der Waals surface area contributed by atoms with Crippen LogP contribution in [-0.2, 0) is 0 Å². The number of likely N-dealkylation sites (N-methyl/N-ethyl adjacent to an activating group) is 1. The van der Waals surface area contributed by atoms with Crippen LogP contribution >= 0.6 is 11.8 Å². The quantitative estimate of drug-likeness (QED) is 0.782. The van der Waals surface area contributed by atoms with Crippen molar-refractivity contribution in [2.75, 3.05) is 18.9 Å². The van der Waals surface area contributed by atoms with Crippen LogP contribution in [0.2, 0.25) is 0 Å². The normalized spacial score (nSPS) is 14.6. The van der Waals surface area contributed by atoms with Gasteiger partial charge in [0.15, 0.2) is 0 Å². The third-order valence-corrected chi connectivity index (χ3v) is 4.47. The lowest BCUT2D eigenvalue weighted by molar-refractivity contribution is 0.596. The van der Waals surface area contributed by atoms with E-state index in [0.29, 0.717) is 16.5 Å². The Morgan fingerprint density at radius 2 is 1.72 bits per heavy atom. The highest BCUT2D eigenvalue weighted by molar-refractivity contribution is 8.00. The maximum absolute atomic E-state index is 3.37. The molecule has 2 N–H and O–H groups in total. The molecule has 0 aliphatic heterocycles. The smallest absolute Gasteiger partial charge is 0.0450 e. The van der Waals surface area contributed by atoms with Crippen molar-refractivity contribution in [2.24, 2.45) is 0 Å². The van der Waals surface area contributed by atoms with E-state index in [1.807, 2.05) is 18.8 Å². The first-order valence-corrected chi connectivity index (χ1v) is 7.69. The van der Waals surface area contributed by atoms with Crippen LogP contribution in [0.5, 0.6) is 0 Å². The van der Waals surface area contributed by atoms with Gasteiger partial charge in [0.05, 0.1) is 0 Å². The number of benzene rings is 1. The van der Waals surface area contributed by atoms with Gasteiger partial charge in [-0.25, -0.2) is 0 Å². The minimum atomic E-state index is 0.474. The Morgan fingerprint density at radius 1 is 1.11 bits per heavy atom. The molecule has 1 aromatic rings. The zero-order valence-electron chi connectivity index (χ0n) is 12.2. The number of rotatable bonds is 7. The lowest BCUT2D eigenvalue weighted by atomic mass is 10.1. The maximum Gasteiger partial charge on any atom is 0.0450 e. The van der Waals surface area contributed by atoms with Crippen LogP contribution < -0.4 is 10.6 Å². The zero-order valence-corrected chi connectivity index (χ0v) is 13.0. The molecular weight excluding hydrogens is 240 g/mol. The van der Waals surface area contributed by atoms with E-state index in [2.05, 4.69) is 62.6 Å². The monoisotopic (exact) mass is 266 g/mol. The summed E-state index contributed by atoms with van der Waals surface area (Å²) in [7, 11) is 2.03. The van der Waals surface area contributed by atoms with Gasteiger partial charge in [0.25, 0.3) is 0 Å². The van der Waals surface area contributed by atoms with Crippen molar-refractivity contribution in [2.45, 2.75) is 44.2 Å². The molecule has 0 bridgehead atoms. The first-order chi connectivity index (χ1) is 8.58. The lowest BCUT2D eigenvalue weighted by Gasteiger charge is -2.25. The van der Waals surface area contributed by atoms with Gasteiger partial charge in [-0.05, 0) is 43.8 Å². The second kappa shape index (κ2) is 7.70. The highest BCUT2D eigenvalue weighted by Gasteiger charge is 2.19. The predicted molar refractivity (Wildman–Crippen MR) is 84.6 cm³/mol. The van der Waals surface area contributed by atoms with Gasteiger partial charge in [-0.2, -0.15) is 0 Å². The van der Waals surface area contributed by atoms with E-state index in [1.54, 1.807) is 0 Å². The molecule has 1 rings (SSSR count). The molecule has 2 atom stereocenters. The number of nitrogens with one attached hydrogen (secondary N) is 2. The topological polar surface area (TPSA) is 24.1 Å². The summed E-state index contributed by atoms with van der Waals surface area (Å²) in [5, 5.41) is 7.85. The van der Waals surface area contributed by atoms with Crippen molar-refractivity contribution in [1.82, 2.24) is 5.32 Å². The highest BCUT2D eigenvalue weighted by atomic mass is 32.2. The van der Waals surface area contributed by atoms with Crippen LogP contribution in [0.25, 0.3) is 0 Å². The Balaban J connectivity index is 2.84. The first kappa shape index (κ1) is 15.4. The fraction of sp³-hybridized carbons (Fsp3) is 0.600. The standard InChI is InChI=1S/C15H26N2S/c1-6-17-14-9-7-13(8-10-14)15(12(4)16-5)18-11(2)3/h7-12,15-17H,6H2,1-5H3. The van der Waals surface area contributed by atoms with Crippen LogP contribution in [0, 0.1) is 0 Å². The molecule has 0 aliphatic rings. The van der Waals surface area contributed by atoms with Crippen molar-refractivity contribution in [3.05, 3.63) is 29.8 Å². The Morgan fingerprint density at radius 3 is 2.17 bits per heavy atom. The van der Waals surface area contributed by atoms with Crippen LogP contribution in [0.1, 0.15) is 38.5 Å². The van der Waals surface area contributed by atoms with Crippen molar-refractivity contribution in [3.8, 4) is 0 Å². The van der Waals surface area contributed by atoms with Gasteiger partial charge in [-0.3, -0.25) is 0 Å². The van der Waals surface area contributed by atoms with Crippen molar-refractivity contribution in [1.29, 1.82) is 0 Å². The molecule has 0 aromatic heterocycles. The minimum absolute atomic E-state index is 0.474. The summed E-state index contributed by atoms with van der Waals surface area (Å²) < 4.78 is 0. The van der Waals surface area contributed by atoms with Crippen LogP contribution in [0.4, 0.5) is 5.69 Å². The van der Waals surface area contributed by atoms with Gasteiger partial charge in [0, 0.05) is 23.5 Å². The fourth-order valence-corrected chi connectivity index (χ4v) is 3.20. The van der Waals surface area contributed by atoms with Gasteiger partial charge in [-0.1, -0.05) is 26.0 Å². The van der Waals surface area contributed by atoms with Gasteiger partial charge >= 0.3 is 0 Å². The second-order valence-electron chi connectivity index (χ2n) is 4.84. The second-order valence-corrected chi connectivity index (χ2v) is 6.56. The Hall–Kier alpha value is -0.670. The average molecular weight is 266 g/mol. The maximum atomic E-state index is 3.37. The summed E-state index contributed by atoms with van der Waals surface area (Å²) in [5.74, 6) is 0. The highest BCUT2D eigenvalue weighted by Crippen LogP contribution is 2.35. The van der Waals surface area contributed by atoms with Crippen LogP contribution in [0.15, 0.2) is 24.3 Å². The average Bonchev–Trinajstić information content (AvgIpc) is 2.36. The van der Waals surface area contributed by atoms with E-state index in [-0.39, 0.29) is 0 Å².